The fraction of sp³-hybridized carbons (Fsp3) is 0.778. The molecular weight excluding hydrogens is 179 g/mol. The van der Waals surface area contributed by atoms with E-state index in [4.69, 9.17) is 0 Å². The van der Waals surface area contributed by atoms with Gasteiger partial charge in [-0.2, -0.15) is 13.2 Å². The molecule has 0 aliphatic carbocycles. The Morgan fingerprint density at radius 3 is 2.31 bits per heavy atom. The first-order valence-corrected chi connectivity index (χ1v) is 4.41. The third-order valence-corrected chi connectivity index (χ3v) is 2.33. The van der Waals surface area contributed by atoms with Gasteiger partial charge in [0.1, 0.15) is 0 Å². The molecule has 0 bridgehead atoms. The van der Waals surface area contributed by atoms with E-state index in [1.807, 2.05) is 18.7 Å². The molecule has 0 spiro atoms. The van der Waals surface area contributed by atoms with Crippen molar-refractivity contribution in [1.82, 2.24) is 4.90 Å². The van der Waals surface area contributed by atoms with Crippen molar-refractivity contribution >= 4 is 0 Å². The Hall–Kier alpha value is -0.510. The van der Waals surface area contributed by atoms with Gasteiger partial charge in [-0.1, -0.05) is 6.08 Å². The molecule has 76 valence electrons. The van der Waals surface area contributed by atoms with Crippen LogP contribution in [-0.4, -0.2) is 30.2 Å². The highest BCUT2D eigenvalue weighted by atomic mass is 19.4. The molecule has 1 rings (SSSR count). The number of halogens is 3. The van der Waals surface area contributed by atoms with Crippen molar-refractivity contribution in [3.05, 3.63) is 11.6 Å². The van der Waals surface area contributed by atoms with Gasteiger partial charge in [0.05, 0.1) is 0 Å². The van der Waals surface area contributed by atoms with Crippen molar-refractivity contribution in [2.75, 3.05) is 13.1 Å². The molecule has 1 aliphatic heterocycles. The van der Waals surface area contributed by atoms with Crippen molar-refractivity contribution < 1.29 is 13.2 Å². The number of hydrogen-bond donors (Lipinski definition) is 0. The molecule has 0 aromatic rings. The van der Waals surface area contributed by atoms with Gasteiger partial charge in [0.15, 0.2) is 0 Å². The predicted octanol–water partition coefficient (Wildman–Crippen LogP) is 2.59. The Kier molecular flexibility index (Phi) is 3.01. The van der Waals surface area contributed by atoms with E-state index in [-0.39, 0.29) is 12.0 Å². The maximum Gasteiger partial charge on any atom is 0.412 e. The molecular formula is C9H14F3N. The van der Waals surface area contributed by atoms with Crippen LogP contribution in [0.2, 0.25) is 0 Å². The van der Waals surface area contributed by atoms with Crippen LogP contribution in [0, 0.1) is 0 Å². The lowest BCUT2D eigenvalue weighted by molar-refractivity contribution is -0.0963. The minimum absolute atomic E-state index is 0.127. The summed E-state index contributed by atoms with van der Waals surface area (Å²) in [6.45, 7) is 4.92. The van der Waals surface area contributed by atoms with E-state index >= 15 is 0 Å². The summed E-state index contributed by atoms with van der Waals surface area (Å²) in [5, 5.41) is 0. The molecule has 0 radical (unpaired) electrons. The molecule has 0 aromatic carbocycles. The first-order chi connectivity index (χ1) is 5.91. The summed E-state index contributed by atoms with van der Waals surface area (Å²) in [5.41, 5.74) is -0.371. The van der Waals surface area contributed by atoms with E-state index in [1.54, 1.807) is 0 Å². The molecule has 1 heterocycles. The molecule has 4 heteroatoms. The Morgan fingerprint density at radius 2 is 2.00 bits per heavy atom. The Balaban J connectivity index is 2.58. The minimum atomic E-state index is -4.12. The fourth-order valence-electron chi connectivity index (χ4n) is 1.41. The second-order valence-electron chi connectivity index (χ2n) is 3.57. The third kappa shape index (κ3) is 2.72. The van der Waals surface area contributed by atoms with Gasteiger partial charge in [-0.15, -0.1) is 0 Å². The number of hydrogen-bond acceptors (Lipinski definition) is 1. The van der Waals surface area contributed by atoms with Crippen LogP contribution in [0.25, 0.3) is 0 Å². The van der Waals surface area contributed by atoms with Gasteiger partial charge in [-0.3, -0.25) is 4.90 Å². The molecule has 0 unspecified atom stereocenters. The predicted molar refractivity (Wildman–Crippen MR) is 45.5 cm³/mol. The van der Waals surface area contributed by atoms with Crippen LogP contribution < -0.4 is 0 Å². The van der Waals surface area contributed by atoms with Crippen LogP contribution >= 0.6 is 0 Å². The molecule has 0 amide bonds. The fourth-order valence-corrected chi connectivity index (χ4v) is 1.41. The summed E-state index contributed by atoms with van der Waals surface area (Å²) in [4.78, 5) is 2.02. The highest BCUT2D eigenvalue weighted by molar-refractivity contribution is 5.13. The van der Waals surface area contributed by atoms with E-state index in [0.29, 0.717) is 19.1 Å². The second kappa shape index (κ2) is 3.70. The zero-order valence-corrected chi connectivity index (χ0v) is 7.86. The highest BCUT2D eigenvalue weighted by Crippen LogP contribution is 2.30. The van der Waals surface area contributed by atoms with E-state index in [9.17, 15) is 13.2 Å². The van der Waals surface area contributed by atoms with Gasteiger partial charge < -0.3 is 0 Å². The number of alkyl halides is 3. The molecule has 0 atom stereocenters. The molecule has 1 nitrogen and oxygen atoms in total. The number of nitrogens with zero attached hydrogens (tertiary/aromatic N) is 1. The van der Waals surface area contributed by atoms with Crippen LogP contribution in [0.4, 0.5) is 13.2 Å². The average Bonchev–Trinajstić information content (AvgIpc) is 2.03. The van der Waals surface area contributed by atoms with Crippen LogP contribution in [0.1, 0.15) is 20.3 Å². The van der Waals surface area contributed by atoms with Gasteiger partial charge in [-0.05, 0) is 20.3 Å². The lowest BCUT2D eigenvalue weighted by atomic mass is 10.1. The summed E-state index contributed by atoms with van der Waals surface area (Å²) in [6.07, 6.45) is -2.70. The van der Waals surface area contributed by atoms with E-state index < -0.39 is 6.18 Å². The molecule has 0 aromatic heterocycles. The first kappa shape index (κ1) is 10.6. The Bertz CT molecular complexity index is 205. The zero-order chi connectivity index (χ0) is 10.1. The Labute approximate surface area is 76.2 Å². The van der Waals surface area contributed by atoms with Crippen LogP contribution in [-0.2, 0) is 0 Å². The smallest absolute Gasteiger partial charge is 0.297 e. The lowest BCUT2D eigenvalue weighted by Crippen LogP contribution is -2.36. The summed E-state index contributed by atoms with van der Waals surface area (Å²) in [6, 6.07) is 0.325. The topological polar surface area (TPSA) is 3.24 Å². The van der Waals surface area contributed by atoms with Crippen LogP contribution in [0.3, 0.4) is 0 Å². The van der Waals surface area contributed by atoms with Crippen molar-refractivity contribution in [1.29, 1.82) is 0 Å². The van der Waals surface area contributed by atoms with Crippen molar-refractivity contribution in [3.8, 4) is 0 Å². The lowest BCUT2D eigenvalue weighted by Gasteiger charge is -2.30. The van der Waals surface area contributed by atoms with Gasteiger partial charge in [0, 0.05) is 24.7 Å². The normalized spacial score (nSPS) is 20.6. The molecule has 1 aliphatic rings. The zero-order valence-electron chi connectivity index (χ0n) is 7.86. The Morgan fingerprint density at radius 1 is 1.38 bits per heavy atom. The maximum absolute atomic E-state index is 12.2. The monoisotopic (exact) mass is 193 g/mol. The van der Waals surface area contributed by atoms with E-state index in [1.165, 1.54) is 6.08 Å². The standard InChI is InChI=1S/C9H14F3N/c1-7(2)13-5-3-8(4-6-13)9(10,11)12/h3,7H,4-6H2,1-2H3. The molecule has 0 N–H and O–H groups in total. The van der Waals surface area contributed by atoms with Gasteiger partial charge in [0.25, 0.3) is 0 Å². The van der Waals surface area contributed by atoms with Crippen LogP contribution in [0.15, 0.2) is 11.6 Å². The molecule has 0 saturated carbocycles. The van der Waals surface area contributed by atoms with Gasteiger partial charge >= 0.3 is 6.18 Å². The van der Waals surface area contributed by atoms with E-state index in [2.05, 4.69) is 0 Å². The van der Waals surface area contributed by atoms with E-state index in [0.717, 1.165) is 0 Å². The highest BCUT2D eigenvalue weighted by Gasteiger charge is 2.34. The molecule has 0 saturated heterocycles. The summed E-state index contributed by atoms with van der Waals surface area (Å²) in [5.74, 6) is 0. The molecule has 13 heavy (non-hydrogen) atoms. The summed E-state index contributed by atoms with van der Waals surface area (Å²) < 4.78 is 36.5. The van der Waals surface area contributed by atoms with Crippen molar-refractivity contribution in [3.63, 3.8) is 0 Å². The van der Waals surface area contributed by atoms with Gasteiger partial charge in [0.2, 0.25) is 0 Å². The van der Waals surface area contributed by atoms with Crippen LogP contribution in [0.5, 0.6) is 0 Å². The van der Waals surface area contributed by atoms with Gasteiger partial charge in [-0.25, -0.2) is 0 Å². The van der Waals surface area contributed by atoms with Crippen molar-refractivity contribution in [2.24, 2.45) is 0 Å². The summed E-state index contributed by atoms with van der Waals surface area (Å²) >= 11 is 0. The third-order valence-electron chi connectivity index (χ3n) is 2.33. The average molecular weight is 193 g/mol. The largest absolute Gasteiger partial charge is 0.412 e. The second-order valence-corrected chi connectivity index (χ2v) is 3.57. The maximum atomic E-state index is 12.2. The minimum Gasteiger partial charge on any atom is -0.297 e. The quantitative estimate of drug-likeness (QED) is 0.578. The van der Waals surface area contributed by atoms with Crippen molar-refractivity contribution in [2.45, 2.75) is 32.5 Å². The first-order valence-electron chi connectivity index (χ1n) is 4.41. The molecule has 0 fully saturated rings. The SMILES string of the molecule is CC(C)N1CC=C(C(F)(F)F)CC1. The number of rotatable bonds is 1. The summed E-state index contributed by atoms with van der Waals surface area (Å²) in [7, 11) is 0.